The first-order chi connectivity index (χ1) is 7.56. The molecule has 3 heteroatoms. The van der Waals surface area contributed by atoms with E-state index in [4.69, 9.17) is 0 Å². The van der Waals surface area contributed by atoms with Gasteiger partial charge in [-0.15, -0.1) is 0 Å². The minimum Gasteiger partial charge on any atom is -0.314 e. The number of nitrogens with one attached hydrogen (secondary N) is 1. The molecule has 0 amide bonds. The Kier molecular flexibility index (Phi) is 5.42. The van der Waals surface area contributed by atoms with Crippen molar-refractivity contribution in [1.29, 1.82) is 0 Å². The summed E-state index contributed by atoms with van der Waals surface area (Å²) in [5.74, 6) is 1.05. The average Bonchev–Trinajstić information content (AvgIpc) is 2.21. The van der Waals surface area contributed by atoms with Gasteiger partial charge < -0.3 is 5.32 Å². The largest absolute Gasteiger partial charge is 0.314 e. The molecule has 0 radical (unpaired) electrons. The van der Waals surface area contributed by atoms with E-state index in [1.807, 2.05) is 6.20 Å². The molecule has 0 aliphatic heterocycles. The molecule has 1 heterocycles. The predicted octanol–water partition coefficient (Wildman–Crippen LogP) is 3.58. The number of aromatic nitrogens is 1. The molecule has 1 aromatic heterocycles. The molecule has 0 bridgehead atoms. The molecule has 1 rings (SSSR count). The fraction of sp³-hybridized carbons (Fsp3) is 0.615. The molecule has 1 N–H and O–H groups in total. The second-order valence-electron chi connectivity index (χ2n) is 4.52. The Morgan fingerprint density at radius 1 is 1.31 bits per heavy atom. The van der Waals surface area contributed by atoms with Crippen LogP contribution in [0.1, 0.15) is 39.3 Å². The Morgan fingerprint density at radius 2 is 2.00 bits per heavy atom. The van der Waals surface area contributed by atoms with Crippen molar-refractivity contribution in [1.82, 2.24) is 10.3 Å². The molecule has 0 fully saturated rings. The summed E-state index contributed by atoms with van der Waals surface area (Å²) >= 11 is 3.42. The van der Waals surface area contributed by atoms with Crippen LogP contribution in [-0.4, -0.2) is 17.6 Å². The van der Waals surface area contributed by atoms with Crippen LogP contribution in [0, 0.1) is 5.92 Å². The Hall–Kier alpha value is -0.410. The Bertz CT molecular complexity index is 308. The normalized spacial score (nSPS) is 15.1. The molecule has 0 aliphatic carbocycles. The number of nitrogens with zero attached hydrogens (tertiary/aromatic N) is 1. The maximum Gasteiger partial charge on any atom is 0.0453 e. The molecule has 0 saturated heterocycles. The zero-order chi connectivity index (χ0) is 12.1. The van der Waals surface area contributed by atoms with Gasteiger partial charge in [-0.3, -0.25) is 4.98 Å². The quantitative estimate of drug-likeness (QED) is 0.894. The van der Waals surface area contributed by atoms with Crippen molar-refractivity contribution < 1.29 is 0 Å². The molecule has 2 atom stereocenters. The minimum atomic E-state index is 0.457. The van der Waals surface area contributed by atoms with Crippen LogP contribution >= 0.6 is 15.9 Å². The van der Waals surface area contributed by atoms with Crippen LogP contribution in [0.5, 0.6) is 0 Å². The van der Waals surface area contributed by atoms with Crippen molar-refractivity contribution in [2.45, 2.75) is 39.7 Å². The molecule has 16 heavy (non-hydrogen) atoms. The standard InChI is InChI=1S/C13H21BrN2/c1-5-15-10(4)13(9(2)3)12-7-6-11(14)8-16-12/h6-10,13,15H,5H2,1-4H3. The minimum absolute atomic E-state index is 0.457. The fourth-order valence-corrected chi connectivity index (χ4v) is 2.44. The second kappa shape index (κ2) is 6.36. The van der Waals surface area contributed by atoms with Crippen LogP contribution in [0.15, 0.2) is 22.8 Å². The van der Waals surface area contributed by atoms with Crippen LogP contribution in [0.4, 0.5) is 0 Å². The lowest BCUT2D eigenvalue weighted by molar-refractivity contribution is 0.376. The zero-order valence-corrected chi connectivity index (χ0v) is 12.1. The topological polar surface area (TPSA) is 24.9 Å². The van der Waals surface area contributed by atoms with E-state index in [-0.39, 0.29) is 0 Å². The smallest absolute Gasteiger partial charge is 0.0453 e. The van der Waals surface area contributed by atoms with Gasteiger partial charge in [-0.1, -0.05) is 20.8 Å². The van der Waals surface area contributed by atoms with E-state index in [1.54, 1.807) is 0 Å². The summed E-state index contributed by atoms with van der Waals surface area (Å²) in [6.07, 6.45) is 1.88. The highest BCUT2D eigenvalue weighted by Gasteiger charge is 2.23. The lowest BCUT2D eigenvalue weighted by Gasteiger charge is -2.27. The number of likely N-dealkylation sites (N-methyl/N-ethyl adjacent to an activating group) is 1. The first-order valence-corrected chi connectivity index (χ1v) is 6.70. The maximum atomic E-state index is 4.52. The van der Waals surface area contributed by atoms with Gasteiger partial charge in [0.25, 0.3) is 0 Å². The monoisotopic (exact) mass is 284 g/mol. The molecule has 1 aromatic rings. The summed E-state index contributed by atoms with van der Waals surface area (Å²) in [7, 11) is 0. The Balaban J connectivity index is 2.89. The van der Waals surface area contributed by atoms with E-state index >= 15 is 0 Å². The van der Waals surface area contributed by atoms with E-state index < -0.39 is 0 Å². The summed E-state index contributed by atoms with van der Waals surface area (Å²) in [4.78, 5) is 4.52. The fourth-order valence-electron chi connectivity index (χ4n) is 2.21. The van der Waals surface area contributed by atoms with Crippen LogP contribution in [0.3, 0.4) is 0 Å². The molecule has 90 valence electrons. The number of hydrogen-bond donors (Lipinski definition) is 1. The highest BCUT2D eigenvalue weighted by Crippen LogP contribution is 2.27. The van der Waals surface area contributed by atoms with Gasteiger partial charge in [-0.25, -0.2) is 0 Å². The van der Waals surface area contributed by atoms with Gasteiger partial charge in [0.1, 0.15) is 0 Å². The Labute approximate surface area is 107 Å². The average molecular weight is 285 g/mol. The number of hydrogen-bond acceptors (Lipinski definition) is 2. The van der Waals surface area contributed by atoms with Crippen LogP contribution in [-0.2, 0) is 0 Å². The van der Waals surface area contributed by atoms with E-state index in [2.05, 4.69) is 66.1 Å². The lowest BCUT2D eigenvalue weighted by atomic mass is 9.86. The molecule has 2 unspecified atom stereocenters. The SMILES string of the molecule is CCNC(C)C(c1ccc(Br)cn1)C(C)C. The van der Waals surface area contributed by atoms with Gasteiger partial charge in [-0.05, 0) is 47.4 Å². The van der Waals surface area contributed by atoms with E-state index in [9.17, 15) is 0 Å². The summed E-state index contributed by atoms with van der Waals surface area (Å²) in [5, 5.41) is 3.49. The third-order valence-corrected chi connectivity index (χ3v) is 3.34. The van der Waals surface area contributed by atoms with Gasteiger partial charge in [0.15, 0.2) is 0 Å². The van der Waals surface area contributed by atoms with E-state index in [0.29, 0.717) is 17.9 Å². The summed E-state index contributed by atoms with van der Waals surface area (Å²) in [6, 6.07) is 4.64. The van der Waals surface area contributed by atoms with Crippen LogP contribution in [0.2, 0.25) is 0 Å². The van der Waals surface area contributed by atoms with Crippen molar-refractivity contribution in [3.05, 3.63) is 28.5 Å². The number of rotatable bonds is 5. The highest BCUT2D eigenvalue weighted by atomic mass is 79.9. The molecule has 0 aromatic carbocycles. The molecular weight excluding hydrogens is 264 g/mol. The third kappa shape index (κ3) is 3.56. The molecule has 0 spiro atoms. The molecule has 2 nitrogen and oxygen atoms in total. The third-order valence-electron chi connectivity index (χ3n) is 2.87. The number of pyridine rings is 1. The Morgan fingerprint density at radius 3 is 2.44 bits per heavy atom. The highest BCUT2D eigenvalue weighted by molar-refractivity contribution is 9.10. The van der Waals surface area contributed by atoms with Crippen LogP contribution < -0.4 is 5.32 Å². The van der Waals surface area contributed by atoms with Crippen molar-refractivity contribution in [2.75, 3.05) is 6.54 Å². The van der Waals surface area contributed by atoms with Gasteiger partial charge in [-0.2, -0.15) is 0 Å². The van der Waals surface area contributed by atoms with E-state index in [1.165, 1.54) is 5.69 Å². The summed E-state index contributed by atoms with van der Waals surface area (Å²) < 4.78 is 1.04. The van der Waals surface area contributed by atoms with Gasteiger partial charge in [0, 0.05) is 28.3 Å². The maximum absolute atomic E-state index is 4.52. The van der Waals surface area contributed by atoms with Gasteiger partial charge >= 0.3 is 0 Å². The molecular formula is C13H21BrN2. The van der Waals surface area contributed by atoms with Gasteiger partial charge in [0.2, 0.25) is 0 Å². The van der Waals surface area contributed by atoms with Gasteiger partial charge in [0.05, 0.1) is 0 Å². The first kappa shape index (κ1) is 13.7. The lowest BCUT2D eigenvalue weighted by Crippen LogP contribution is -2.34. The second-order valence-corrected chi connectivity index (χ2v) is 5.43. The van der Waals surface area contributed by atoms with Crippen molar-refractivity contribution >= 4 is 15.9 Å². The predicted molar refractivity (Wildman–Crippen MR) is 72.7 cm³/mol. The molecule has 0 saturated carbocycles. The summed E-state index contributed by atoms with van der Waals surface area (Å²) in [6.45, 7) is 9.88. The molecule has 0 aliphatic rings. The zero-order valence-electron chi connectivity index (χ0n) is 10.5. The van der Waals surface area contributed by atoms with E-state index in [0.717, 1.165) is 11.0 Å². The van der Waals surface area contributed by atoms with Crippen LogP contribution in [0.25, 0.3) is 0 Å². The van der Waals surface area contributed by atoms with Crippen molar-refractivity contribution in [3.8, 4) is 0 Å². The summed E-state index contributed by atoms with van der Waals surface area (Å²) in [5.41, 5.74) is 1.17. The van der Waals surface area contributed by atoms with Crippen molar-refractivity contribution in [3.63, 3.8) is 0 Å². The first-order valence-electron chi connectivity index (χ1n) is 5.91. The number of halogens is 1. The van der Waals surface area contributed by atoms with Crippen molar-refractivity contribution in [2.24, 2.45) is 5.92 Å².